The Hall–Kier alpha value is -1.16. The smallest absolute Gasteiger partial charge is 0.118 e. The summed E-state index contributed by atoms with van der Waals surface area (Å²) in [6.07, 6.45) is 0. The third-order valence-corrected chi connectivity index (χ3v) is 4.29. The number of hydrogen-bond acceptors (Lipinski definition) is 3. The van der Waals surface area contributed by atoms with Crippen LogP contribution in [0.2, 0.25) is 5.02 Å². The highest BCUT2D eigenvalue weighted by molar-refractivity contribution is 7.99. The lowest BCUT2D eigenvalue weighted by molar-refractivity contribution is 0.414. The average Bonchev–Trinajstić information content (AvgIpc) is 2.45. The van der Waals surface area contributed by atoms with Gasteiger partial charge in [0.05, 0.1) is 7.11 Å². The molecule has 0 radical (unpaired) electrons. The number of thioether (sulfide) groups is 1. The number of methoxy groups -OCH3 is 1. The molecule has 19 heavy (non-hydrogen) atoms. The van der Waals surface area contributed by atoms with Gasteiger partial charge in [0, 0.05) is 21.7 Å². The van der Waals surface area contributed by atoms with E-state index in [1.54, 1.807) is 18.9 Å². The SMILES string of the molecule is COc1ccc(C(CN)Sc2cccc(Cl)c2)cc1. The van der Waals surface area contributed by atoms with Crippen molar-refractivity contribution in [2.45, 2.75) is 10.1 Å². The molecular weight excluding hydrogens is 278 g/mol. The van der Waals surface area contributed by atoms with Crippen LogP contribution in [0.5, 0.6) is 5.75 Å². The van der Waals surface area contributed by atoms with Crippen LogP contribution in [0.25, 0.3) is 0 Å². The summed E-state index contributed by atoms with van der Waals surface area (Å²) in [4.78, 5) is 1.12. The summed E-state index contributed by atoms with van der Waals surface area (Å²) >= 11 is 7.72. The number of ether oxygens (including phenoxy) is 1. The second kappa shape index (κ2) is 6.85. The van der Waals surface area contributed by atoms with Gasteiger partial charge in [-0.15, -0.1) is 11.8 Å². The highest BCUT2D eigenvalue weighted by Crippen LogP contribution is 2.35. The number of benzene rings is 2. The Morgan fingerprint density at radius 2 is 1.95 bits per heavy atom. The Kier molecular flexibility index (Phi) is 5.14. The highest BCUT2D eigenvalue weighted by Gasteiger charge is 2.11. The van der Waals surface area contributed by atoms with Crippen molar-refractivity contribution in [2.24, 2.45) is 5.73 Å². The van der Waals surface area contributed by atoms with Gasteiger partial charge in [-0.05, 0) is 35.9 Å². The predicted octanol–water partition coefficient (Wildman–Crippen LogP) is 4.14. The minimum atomic E-state index is 0.212. The summed E-state index contributed by atoms with van der Waals surface area (Å²) in [6.45, 7) is 0.573. The van der Waals surface area contributed by atoms with E-state index in [9.17, 15) is 0 Å². The molecule has 0 bridgehead atoms. The summed E-state index contributed by atoms with van der Waals surface area (Å²) in [7, 11) is 1.66. The fourth-order valence-corrected chi connectivity index (χ4v) is 3.10. The Labute approximate surface area is 122 Å². The predicted molar refractivity (Wildman–Crippen MR) is 82.1 cm³/mol. The first kappa shape index (κ1) is 14.3. The van der Waals surface area contributed by atoms with Gasteiger partial charge in [0.2, 0.25) is 0 Å². The zero-order valence-electron chi connectivity index (χ0n) is 10.7. The molecule has 0 aliphatic heterocycles. The van der Waals surface area contributed by atoms with Crippen molar-refractivity contribution in [1.29, 1.82) is 0 Å². The normalized spacial score (nSPS) is 12.2. The Balaban J connectivity index is 2.15. The molecule has 0 fully saturated rings. The summed E-state index contributed by atoms with van der Waals surface area (Å²) in [5.74, 6) is 0.854. The molecule has 1 unspecified atom stereocenters. The monoisotopic (exact) mass is 293 g/mol. The molecular formula is C15H16ClNOS. The van der Waals surface area contributed by atoms with Crippen molar-refractivity contribution < 1.29 is 4.74 Å². The van der Waals surface area contributed by atoms with Gasteiger partial charge in [-0.25, -0.2) is 0 Å². The van der Waals surface area contributed by atoms with Gasteiger partial charge in [-0.3, -0.25) is 0 Å². The lowest BCUT2D eigenvalue weighted by atomic mass is 10.1. The molecule has 0 aliphatic carbocycles. The van der Waals surface area contributed by atoms with Crippen molar-refractivity contribution in [3.63, 3.8) is 0 Å². The highest BCUT2D eigenvalue weighted by atomic mass is 35.5. The van der Waals surface area contributed by atoms with E-state index in [-0.39, 0.29) is 5.25 Å². The van der Waals surface area contributed by atoms with E-state index >= 15 is 0 Å². The molecule has 0 aliphatic rings. The number of halogens is 1. The second-order valence-corrected chi connectivity index (χ2v) is 5.79. The summed E-state index contributed by atoms with van der Waals surface area (Å²) < 4.78 is 5.16. The average molecular weight is 294 g/mol. The van der Waals surface area contributed by atoms with E-state index in [0.29, 0.717) is 6.54 Å². The fourth-order valence-electron chi connectivity index (χ4n) is 1.78. The van der Waals surface area contributed by atoms with E-state index < -0.39 is 0 Å². The van der Waals surface area contributed by atoms with Crippen LogP contribution < -0.4 is 10.5 Å². The lowest BCUT2D eigenvalue weighted by Crippen LogP contribution is -2.09. The van der Waals surface area contributed by atoms with Crippen LogP contribution in [0, 0.1) is 0 Å². The van der Waals surface area contributed by atoms with Crippen LogP contribution in [-0.4, -0.2) is 13.7 Å². The molecule has 2 nitrogen and oxygen atoms in total. The van der Waals surface area contributed by atoms with Gasteiger partial charge in [-0.1, -0.05) is 29.8 Å². The van der Waals surface area contributed by atoms with Gasteiger partial charge in [0.15, 0.2) is 0 Å². The number of rotatable bonds is 5. The maximum Gasteiger partial charge on any atom is 0.118 e. The molecule has 4 heteroatoms. The molecule has 0 saturated heterocycles. The largest absolute Gasteiger partial charge is 0.497 e. The van der Waals surface area contributed by atoms with E-state index in [2.05, 4.69) is 0 Å². The van der Waals surface area contributed by atoms with Crippen molar-refractivity contribution in [1.82, 2.24) is 0 Å². The first-order chi connectivity index (χ1) is 9.22. The van der Waals surface area contributed by atoms with E-state index in [4.69, 9.17) is 22.1 Å². The minimum absolute atomic E-state index is 0.212. The van der Waals surface area contributed by atoms with E-state index in [1.165, 1.54) is 5.56 Å². The van der Waals surface area contributed by atoms with Crippen molar-refractivity contribution in [3.8, 4) is 5.75 Å². The molecule has 2 aromatic carbocycles. The van der Waals surface area contributed by atoms with Gasteiger partial charge in [0.25, 0.3) is 0 Å². The van der Waals surface area contributed by atoms with Crippen molar-refractivity contribution in [3.05, 3.63) is 59.1 Å². The zero-order valence-corrected chi connectivity index (χ0v) is 12.2. The Bertz CT molecular complexity index is 530. The lowest BCUT2D eigenvalue weighted by Gasteiger charge is -2.15. The number of hydrogen-bond donors (Lipinski definition) is 1. The summed E-state index contributed by atoms with van der Waals surface area (Å²) in [6, 6.07) is 15.8. The molecule has 0 aromatic heterocycles. The first-order valence-electron chi connectivity index (χ1n) is 5.99. The Morgan fingerprint density at radius 3 is 2.53 bits per heavy atom. The first-order valence-corrected chi connectivity index (χ1v) is 7.25. The standard InChI is InChI=1S/C15H16ClNOS/c1-18-13-7-5-11(6-8-13)15(10-17)19-14-4-2-3-12(16)9-14/h2-9,15H,10,17H2,1H3. The molecule has 0 amide bonds. The van der Waals surface area contributed by atoms with Crippen LogP contribution >= 0.6 is 23.4 Å². The van der Waals surface area contributed by atoms with Gasteiger partial charge in [0.1, 0.15) is 5.75 Å². The van der Waals surface area contributed by atoms with Crippen molar-refractivity contribution >= 4 is 23.4 Å². The van der Waals surface area contributed by atoms with Crippen molar-refractivity contribution in [2.75, 3.05) is 13.7 Å². The summed E-state index contributed by atoms with van der Waals surface area (Å²) in [5, 5.41) is 0.958. The number of nitrogens with two attached hydrogens (primary N) is 1. The van der Waals surface area contributed by atoms with Gasteiger partial charge >= 0.3 is 0 Å². The maximum absolute atomic E-state index is 6.00. The fraction of sp³-hybridized carbons (Fsp3) is 0.200. The van der Waals surface area contributed by atoms with Crippen LogP contribution in [0.3, 0.4) is 0 Å². The molecule has 1 atom stereocenters. The molecule has 0 spiro atoms. The molecule has 100 valence electrons. The second-order valence-electron chi connectivity index (χ2n) is 4.07. The third-order valence-electron chi connectivity index (χ3n) is 2.78. The molecule has 2 N–H and O–H groups in total. The molecule has 2 aromatic rings. The van der Waals surface area contributed by atoms with E-state index in [0.717, 1.165) is 15.7 Å². The third kappa shape index (κ3) is 3.90. The van der Waals surface area contributed by atoms with Gasteiger partial charge in [-0.2, -0.15) is 0 Å². The molecule has 2 rings (SSSR count). The van der Waals surface area contributed by atoms with Crippen LogP contribution in [0.15, 0.2) is 53.4 Å². The maximum atomic E-state index is 6.00. The topological polar surface area (TPSA) is 35.2 Å². The minimum Gasteiger partial charge on any atom is -0.497 e. The molecule has 0 saturated carbocycles. The quantitative estimate of drug-likeness (QED) is 0.842. The Morgan fingerprint density at radius 1 is 1.21 bits per heavy atom. The van der Waals surface area contributed by atoms with Crippen LogP contribution in [0.4, 0.5) is 0 Å². The van der Waals surface area contributed by atoms with Crippen LogP contribution in [-0.2, 0) is 0 Å². The molecule has 0 heterocycles. The summed E-state index contributed by atoms with van der Waals surface area (Å²) in [5.41, 5.74) is 7.06. The van der Waals surface area contributed by atoms with E-state index in [1.807, 2.05) is 48.5 Å². The zero-order chi connectivity index (χ0) is 13.7. The van der Waals surface area contributed by atoms with Crippen LogP contribution in [0.1, 0.15) is 10.8 Å². The van der Waals surface area contributed by atoms with Gasteiger partial charge < -0.3 is 10.5 Å².